The van der Waals surface area contributed by atoms with Crippen molar-refractivity contribution in [3.05, 3.63) is 60.2 Å². The average molecular weight is 502 g/mol. The third kappa shape index (κ3) is 5.72. The zero-order valence-corrected chi connectivity index (χ0v) is 21.1. The van der Waals surface area contributed by atoms with E-state index in [1.807, 2.05) is 19.1 Å². The molecular formula is C25H31N3O4S2. The quantitative estimate of drug-likeness (QED) is 0.286. The fraction of sp³-hybridized carbons (Fsp3) is 0.400. The number of hydrogen-bond acceptors (Lipinski definition) is 6. The Morgan fingerprint density at radius 2 is 1.94 bits per heavy atom. The van der Waals surface area contributed by atoms with Gasteiger partial charge in [0, 0.05) is 38.6 Å². The Labute approximate surface area is 205 Å². The fourth-order valence-corrected chi connectivity index (χ4v) is 6.30. The summed E-state index contributed by atoms with van der Waals surface area (Å²) in [6.07, 6.45) is 2.69. The molecule has 3 aromatic rings. The summed E-state index contributed by atoms with van der Waals surface area (Å²) in [6, 6.07) is 13.6. The van der Waals surface area contributed by atoms with E-state index in [2.05, 4.69) is 35.4 Å². The Kier molecular flexibility index (Phi) is 8.44. The summed E-state index contributed by atoms with van der Waals surface area (Å²) in [5, 5.41) is 0.875. The summed E-state index contributed by atoms with van der Waals surface area (Å²) in [4.78, 5) is 5.12. The van der Waals surface area contributed by atoms with Gasteiger partial charge in [-0.15, -0.1) is 0 Å². The second kappa shape index (κ2) is 11.5. The summed E-state index contributed by atoms with van der Waals surface area (Å²) in [5.41, 5.74) is 3.90. The summed E-state index contributed by atoms with van der Waals surface area (Å²) < 4.78 is 40.8. The molecule has 0 radical (unpaired) electrons. The molecule has 0 aliphatic carbocycles. The van der Waals surface area contributed by atoms with Gasteiger partial charge < -0.3 is 14.0 Å². The van der Waals surface area contributed by atoms with Crippen molar-refractivity contribution in [3.8, 4) is 0 Å². The molecule has 1 saturated heterocycles. The number of thioether (sulfide) groups is 1. The van der Waals surface area contributed by atoms with Gasteiger partial charge in [0.1, 0.15) is 0 Å². The maximum absolute atomic E-state index is 13.1. The largest absolute Gasteiger partial charge is 0.382 e. The topological polar surface area (TPSA) is 73.7 Å². The number of benzene rings is 2. The monoisotopic (exact) mass is 501 g/mol. The second-order valence-electron chi connectivity index (χ2n) is 8.00. The number of hydrogen-bond donors (Lipinski definition) is 0. The lowest BCUT2D eigenvalue weighted by Gasteiger charge is -2.26. The van der Waals surface area contributed by atoms with E-state index in [-0.39, 0.29) is 4.90 Å². The highest BCUT2D eigenvalue weighted by Gasteiger charge is 2.27. The smallest absolute Gasteiger partial charge is 0.243 e. The molecule has 1 fully saturated rings. The zero-order valence-electron chi connectivity index (χ0n) is 19.5. The first-order valence-corrected chi connectivity index (χ1v) is 14.0. The van der Waals surface area contributed by atoms with Crippen molar-refractivity contribution in [2.75, 3.05) is 39.5 Å². The van der Waals surface area contributed by atoms with E-state index in [0.29, 0.717) is 45.0 Å². The van der Waals surface area contributed by atoms with E-state index in [4.69, 9.17) is 14.5 Å². The standard InChI is InChI=1S/C25H31N3O4S2/c1-3-20-6-8-21(9-7-20)19-33-25-26-23-18-22(34(29,30)27-13-16-32-17-14-27)10-11-24(23)28(25)12-5-15-31-4-2/h3,6-11,18H,1,4-5,12-17,19H2,2H3. The van der Waals surface area contributed by atoms with Crippen molar-refractivity contribution in [1.29, 1.82) is 0 Å². The number of nitrogens with zero attached hydrogens (tertiary/aromatic N) is 3. The Bertz CT molecular complexity index is 1220. The lowest BCUT2D eigenvalue weighted by molar-refractivity contribution is 0.0730. The molecule has 0 unspecified atom stereocenters. The van der Waals surface area contributed by atoms with Crippen LogP contribution in [0.2, 0.25) is 0 Å². The van der Waals surface area contributed by atoms with Crippen molar-refractivity contribution in [1.82, 2.24) is 13.9 Å². The number of aromatic nitrogens is 2. The lowest BCUT2D eigenvalue weighted by Crippen LogP contribution is -2.40. The molecule has 0 amide bonds. The molecule has 182 valence electrons. The van der Waals surface area contributed by atoms with Crippen molar-refractivity contribution in [2.24, 2.45) is 0 Å². The van der Waals surface area contributed by atoms with Crippen LogP contribution in [0, 0.1) is 0 Å². The highest BCUT2D eigenvalue weighted by molar-refractivity contribution is 7.98. The van der Waals surface area contributed by atoms with E-state index in [1.54, 1.807) is 23.9 Å². The first kappa shape index (κ1) is 24.9. The van der Waals surface area contributed by atoms with E-state index in [0.717, 1.165) is 35.0 Å². The third-order valence-corrected chi connectivity index (χ3v) is 8.69. The molecule has 0 bridgehead atoms. The number of fused-ring (bicyclic) bond motifs is 1. The molecule has 4 rings (SSSR count). The predicted molar refractivity (Wildman–Crippen MR) is 137 cm³/mol. The Morgan fingerprint density at radius 3 is 2.65 bits per heavy atom. The van der Waals surface area contributed by atoms with E-state index in [1.165, 1.54) is 9.87 Å². The van der Waals surface area contributed by atoms with Gasteiger partial charge in [0.2, 0.25) is 10.0 Å². The number of morpholine rings is 1. The van der Waals surface area contributed by atoms with E-state index >= 15 is 0 Å². The molecule has 1 aliphatic heterocycles. The molecule has 1 aromatic heterocycles. The molecular weight excluding hydrogens is 470 g/mol. The summed E-state index contributed by atoms with van der Waals surface area (Å²) in [5.74, 6) is 0.769. The minimum atomic E-state index is -3.57. The fourth-order valence-electron chi connectivity index (χ4n) is 3.88. The Hall–Kier alpha value is -2.17. The molecule has 0 N–H and O–H groups in total. The average Bonchev–Trinajstić information content (AvgIpc) is 3.22. The van der Waals surface area contributed by atoms with E-state index < -0.39 is 10.0 Å². The summed E-state index contributed by atoms with van der Waals surface area (Å²) >= 11 is 1.65. The number of rotatable bonds is 11. The van der Waals surface area contributed by atoms with Gasteiger partial charge in [-0.05, 0) is 42.7 Å². The molecule has 0 spiro atoms. The summed E-state index contributed by atoms with van der Waals surface area (Å²) in [7, 11) is -3.57. The van der Waals surface area contributed by atoms with Gasteiger partial charge in [0.05, 0.1) is 29.1 Å². The van der Waals surface area contributed by atoms with Crippen LogP contribution in [0.1, 0.15) is 24.5 Å². The second-order valence-corrected chi connectivity index (χ2v) is 10.9. The van der Waals surface area contributed by atoms with E-state index in [9.17, 15) is 8.42 Å². The molecule has 9 heteroatoms. The van der Waals surface area contributed by atoms with Crippen LogP contribution >= 0.6 is 11.8 Å². The third-order valence-electron chi connectivity index (χ3n) is 5.75. The molecule has 1 aliphatic rings. The van der Waals surface area contributed by atoms with Crippen molar-refractivity contribution >= 4 is 38.9 Å². The highest BCUT2D eigenvalue weighted by atomic mass is 32.2. The summed E-state index contributed by atoms with van der Waals surface area (Å²) in [6.45, 7) is 9.50. The van der Waals surface area contributed by atoms with Crippen molar-refractivity contribution in [3.63, 3.8) is 0 Å². The van der Waals surface area contributed by atoms with Gasteiger partial charge in [-0.2, -0.15) is 4.31 Å². The number of imidazole rings is 1. The Balaban J connectivity index is 1.61. The van der Waals surface area contributed by atoms with Crippen molar-refractivity contribution in [2.45, 2.75) is 35.7 Å². The lowest BCUT2D eigenvalue weighted by atomic mass is 10.1. The van der Waals surface area contributed by atoms with Gasteiger partial charge in [-0.25, -0.2) is 13.4 Å². The van der Waals surface area contributed by atoms with Crippen LogP contribution in [0.25, 0.3) is 17.1 Å². The van der Waals surface area contributed by atoms with Crippen LogP contribution in [-0.2, 0) is 31.8 Å². The maximum atomic E-state index is 13.1. The van der Waals surface area contributed by atoms with Gasteiger partial charge in [-0.3, -0.25) is 0 Å². The van der Waals surface area contributed by atoms with Gasteiger partial charge in [-0.1, -0.05) is 48.7 Å². The normalized spacial score (nSPS) is 15.1. The molecule has 0 saturated carbocycles. The van der Waals surface area contributed by atoms with Crippen LogP contribution in [0.5, 0.6) is 0 Å². The molecule has 7 nitrogen and oxygen atoms in total. The van der Waals surface area contributed by atoms with Gasteiger partial charge in [0.25, 0.3) is 0 Å². The minimum Gasteiger partial charge on any atom is -0.382 e. The molecule has 34 heavy (non-hydrogen) atoms. The predicted octanol–water partition coefficient (Wildman–Crippen LogP) is 4.42. The van der Waals surface area contributed by atoms with Crippen LogP contribution in [0.15, 0.2) is 59.1 Å². The molecule has 0 atom stereocenters. The SMILES string of the molecule is C=Cc1ccc(CSc2nc3cc(S(=O)(=O)N4CCOCC4)ccc3n2CCCOCC)cc1. The molecule has 2 aromatic carbocycles. The van der Waals surface area contributed by atoms with Crippen molar-refractivity contribution < 1.29 is 17.9 Å². The van der Waals surface area contributed by atoms with Crippen LogP contribution in [0.3, 0.4) is 0 Å². The number of sulfonamides is 1. The van der Waals surface area contributed by atoms with Gasteiger partial charge in [0.15, 0.2) is 5.16 Å². The highest BCUT2D eigenvalue weighted by Crippen LogP contribution is 2.29. The number of ether oxygens (including phenoxy) is 2. The first-order chi connectivity index (χ1) is 16.5. The van der Waals surface area contributed by atoms with Gasteiger partial charge >= 0.3 is 0 Å². The first-order valence-electron chi connectivity index (χ1n) is 11.5. The van der Waals surface area contributed by atoms with Crippen LogP contribution in [-0.4, -0.2) is 61.8 Å². The zero-order chi connectivity index (χ0) is 24.0. The van der Waals surface area contributed by atoms with Crippen LogP contribution < -0.4 is 0 Å². The van der Waals surface area contributed by atoms with Crippen LogP contribution in [0.4, 0.5) is 0 Å². The Morgan fingerprint density at radius 1 is 1.18 bits per heavy atom. The number of aryl methyl sites for hydroxylation is 1. The maximum Gasteiger partial charge on any atom is 0.243 e. The minimum absolute atomic E-state index is 0.275. The molecule has 2 heterocycles.